The Hall–Kier alpha value is -2.29. The second-order valence-electron chi connectivity index (χ2n) is 13.3. The number of allylic oxidation sites excluding steroid dienone is 4. The zero-order chi connectivity index (χ0) is 27.0. The molecule has 0 amide bonds. The van der Waals surface area contributed by atoms with Crippen LogP contribution >= 0.6 is 0 Å². The highest BCUT2D eigenvalue weighted by molar-refractivity contribution is 6.24. The molecule has 0 N–H and O–H groups in total. The molecule has 0 heterocycles. The monoisotopic (exact) mass is 488 g/mol. The van der Waals surface area contributed by atoms with Crippen LogP contribution in [0.25, 0.3) is 0 Å². The summed E-state index contributed by atoms with van der Waals surface area (Å²) >= 11 is 0. The van der Waals surface area contributed by atoms with Crippen molar-refractivity contribution in [3.8, 4) is 0 Å². The summed E-state index contributed by atoms with van der Waals surface area (Å²) in [4.78, 5) is 40.8. The number of benzene rings is 1. The van der Waals surface area contributed by atoms with Crippen molar-refractivity contribution in [1.29, 1.82) is 0 Å². The summed E-state index contributed by atoms with van der Waals surface area (Å²) in [7, 11) is 0. The first-order valence-corrected chi connectivity index (χ1v) is 13.7. The Kier molecular flexibility index (Phi) is 6.42. The van der Waals surface area contributed by atoms with Gasteiger partial charge in [-0.1, -0.05) is 57.9 Å². The van der Waals surface area contributed by atoms with Gasteiger partial charge in [0.2, 0.25) is 0 Å². The van der Waals surface area contributed by atoms with E-state index in [0.717, 1.165) is 53.5 Å². The first kappa shape index (κ1) is 26.8. The molecule has 0 radical (unpaired) electrons. The van der Waals surface area contributed by atoms with E-state index in [1.54, 1.807) is 0 Å². The van der Waals surface area contributed by atoms with Gasteiger partial charge in [0, 0.05) is 16.6 Å². The number of rotatable bonds is 5. The second kappa shape index (κ2) is 8.64. The molecule has 0 saturated carbocycles. The maximum Gasteiger partial charge on any atom is 0.190 e. The minimum absolute atomic E-state index is 0.0965. The highest BCUT2D eigenvalue weighted by atomic mass is 16.2. The average Bonchev–Trinajstić information content (AvgIpc) is 2.74. The zero-order valence-corrected chi connectivity index (χ0v) is 24.1. The molecule has 0 bridgehead atoms. The van der Waals surface area contributed by atoms with E-state index in [-0.39, 0.29) is 28.2 Å². The molecule has 36 heavy (non-hydrogen) atoms. The number of ketones is 3. The third-order valence-corrected chi connectivity index (χ3v) is 10.5. The van der Waals surface area contributed by atoms with Crippen LogP contribution in [-0.4, -0.2) is 17.3 Å². The van der Waals surface area contributed by atoms with E-state index in [9.17, 15) is 14.4 Å². The Labute approximate surface area is 217 Å². The highest BCUT2D eigenvalue weighted by Crippen LogP contribution is 2.66. The normalized spacial score (nSPS) is 30.9. The van der Waals surface area contributed by atoms with Crippen molar-refractivity contribution >= 4 is 17.3 Å². The molecule has 0 aliphatic heterocycles. The molecule has 4 unspecified atom stereocenters. The van der Waals surface area contributed by atoms with Gasteiger partial charge in [-0.05, 0) is 101 Å². The van der Waals surface area contributed by atoms with Crippen LogP contribution in [0.4, 0.5) is 0 Å². The van der Waals surface area contributed by atoms with Crippen molar-refractivity contribution in [3.05, 3.63) is 56.7 Å². The molecule has 0 saturated heterocycles. The number of hydrogen-bond acceptors (Lipinski definition) is 3. The lowest BCUT2D eigenvalue weighted by molar-refractivity contribution is -0.134. The Morgan fingerprint density at radius 2 is 1.64 bits per heavy atom. The van der Waals surface area contributed by atoms with E-state index in [1.165, 1.54) is 18.1 Å². The molecule has 3 nitrogen and oxygen atoms in total. The second-order valence-corrected chi connectivity index (χ2v) is 13.3. The number of carbonyl (C=O) groups is 3. The van der Waals surface area contributed by atoms with Crippen molar-refractivity contribution in [3.63, 3.8) is 0 Å². The predicted octanol–water partition coefficient (Wildman–Crippen LogP) is 7.58. The van der Waals surface area contributed by atoms with Crippen LogP contribution in [0, 0.1) is 35.0 Å². The molecule has 3 aliphatic carbocycles. The predicted molar refractivity (Wildman–Crippen MR) is 146 cm³/mol. The Bertz CT molecular complexity index is 1240. The van der Waals surface area contributed by atoms with E-state index in [0.29, 0.717) is 23.8 Å². The van der Waals surface area contributed by atoms with E-state index >= 15 is 0 Å². The molecule has 4 rings (SSSR count). The van der Waals surface area contributed by atoms with Crippen LogP contribution in [-0.2, 0) is 22.4 Å². The van der Waals surface area contributed by atoms with Crippen LogP contribution in [0.3, 0.4) is 0 Å². The van der Waals surface area contributed by atoms with Gasteiger partial charge in [-0.2, -0.15) is 0 Å². The fourth-order valence-electron chi connectivity index (χ4n) is 7.93. The molecule has 0 spiro atoms. The van der Waals surface area contributed by atoms with Gasteiger partial charge < -0.3 is 0 Å². The minimum Gasteiger partial charge on any atom is -0.294 e. The smallest absolute Gasteiger partial charge is 0.190 e. The van der Waals surface area contributed by atoms with Gasteiger partial charge in [0.05, 0.1) is 11.0 Å². The van der Waals surface area contributed by atoms with Gasteiger partial charge in [0.1, 0.15) is 0 Å². The maximum absolute atomic E-state index is 14.3. The molecular weight excluding hydrogens is 444 g/mol. The SMILES string of the molecule is CC(=O)C1=C(C)CC2(C)CC3(C)Cc4c(CCC(C)C(C)C)ccc(C)c4C(=O)C3=C(C)C2(C)C1=O. The molecule has 194 valence electrons. The summed E-state index contributed by atoms with van der Waals surface area (Å²) in [6.45, 7) is 20.8. The summed E-state index contributed by atoms with van der Waals surface area (Å²) in [6.07, 6.45) is 4.40. The quantitative estimate of drug-likeness (QED) is 0.402. The maximum atomic E-state index is 14.3. The lowest BCUT2D eigenvalue weighted by Crippen LogP contribution is -2.57. The summed E-state index contributed by atoms with van der Waals surface area (Å²) in [5.41, 5.74) is 5.82. The number of aryl methyl sites for hydroxylation is 2. The van der Waals surface area contributed by atoms with Gasteiger partial charge in [-0.3, -0.25) is 14.4 Å². The molecule has 0 fully saturated rings. The lowest BCUT2D eigenvalue weighted by Gasteiger charge is -2.59. The van der Waals surface area contributed by atoms with Crippen LogP contribution in [0.2, 0.25) is 0 Å². The average molecular weight is 489 g/mol. The van der Waals surface area contributed by atoms with Crippen molar-refractivity contribution in [2.75, 3.05) is 0 Å². The fraction of sp³-hybridized carbons (Fsp3) is 0.606. The van der Waals surface area contributed by atoms with Gasteiger partial charge in [0.25, 0.3) is 0 Å². The van der Waals surface area contributed by atoms with Crippen molar-refractivity contribution in [2.24, 2.45) is 28.1 Å². The van der Waals surface area contributed by atoms with Crippen LogP contribution in [0.1, 0.15) is 109 Å². The molecular formula is C33H44O3. The van der Waals surface area contributed by atoms with Crippen LogP contribution < -0.4 is 0 Å². The van der Waals surface area contributed by atoms with Gasteiger partial charge in [0.15, 0.2) is 17.3 Å². The summed E-state index contributed by atoms with van der Waals surface area (Å²) in [6, 6.07) is 4.34. The zero-order valence-electron chi connectivity index (χ0n) is 24.1. The first-order chi connectivity index (χ1) is 16.6. The van der Waals surface area contributed by atoms with Gasteiger partial charge >= 0.3 is 0 Å². The standard InChI is InChI=1S/C33H44O3/c1-18(2)19(3)11-13-24-14-12-20(4)27-25(24)16-31(8)17-32(9)15-21(5)26(23(7)34)30(36)33(32,10)22(6)28(31)29(27)35/h12,14,18-19H,11,13,15-17H2,1-10H3. The van der Waals surface area contributed by atoms with E-state index < -0.39 is 5.41 Å². The Balaban J connectivity index is 1.89. The topological polar surface area (TPSA) is 51.2 Å². The van der Waals surface area contributed by atoms with Gasteiger partial charge in [-0.25, -0.2) is 0 Å². The molecule has 4 atom stereocenters. The van der Waals surface area contributed by atoms with Crippen LogP contribution in [0.15, 0.2) is 34.4 Å². The summed E-state index contributed by atoms with van der Waals surface area (Å²) in [5, 5.41) is 0. The Morgan fingerprint density at radius 1 is 1.00 bits per heavy atom. The third-order valence-electron chi connectivity index (χ3n) is 10.5. The molecule has 0 aromatic heterocycles. The molecule has 1 aromatic carbocycles. The van der Waals surface area contributed by atoms with Gasteiger partial charge in [-0.15, -0.1) is 0 Å². The molecule has 3 aliphatic rings. The van der Waals surface area contributed by atoms with E-state index in [1.807, 2.05) is 27.7 Å². The number of carbonyl (C=O) groups excluding carboxylic acids is 3. The van der Waals surface area contributed by atoms with Crippen molar-refractivity contribution in [2.45, 2.75) is 101 Å². The highest BCUT2D eigenvalue weighted by Gasteiger charge is 2.63. The summed E-state index contributed by atoms with van der Waals surface area (Å²) < 4.78 is 0. The molecule has 1 aromatic rings. The van der Waals surface area contributed by atoms with Crippen molar-refractivity contribution < 1.29 is 14.4 Å². The Morgan fingerprint density at radius 3 is 2.22 bits per heavy atom. The first-order valence-electron chi connectivity index (χ1n) is 13.7. The summed E-state index contributed by atoms with van der Waals surface area (Å²) in [5.74, 6) is 1.10. The third kappa shape index (κ3) is 3.63. The fourth-order valence-corrected chi connectivity index (χ4v) is 7.93. The van der Waals surface area contributed by atoms with E-state index in [4.69, 9.17) is 0 Å². The van der Waals surface area contributed by atoms with Crippen molar-refractivity contribution in [1.82, 2.24) is 0 Å². The number of fused-ring (bicyclic) bond motifs is 3. The largest absolute Gasteiger partial charge is 0.294 e. The minimum atomic E-state index is -0.853. The number of Topliss-reactive ketones (excluding diaryl/α,β-unsaturated/α-hetero) is 3. The van der Waals surface area contributed by atoms with Crippen LogP contribution in [0.5, 0.6) is 0 Å². The lowest BCUT2D eigenvalue weighted by atomic mass is 9.42. The van der Waals surface area contributed by atoms with E-state index in [2.05, 4.69) is 46.8 Å². The number of hydrogen-bond donors (Lipinski definition) is 0. The molecule has 3 heteroatoms.